The second-order valence-electron chi connectivity index (χ2n) is 6.80. The van der Waals surface area contributed by atoms with Gasteiger partial charge in [0.1, 0.15) is 0 Å². The van der Waals surface area contributed by atoms with E-state index in [1.807, 2.05) is 20.8 Å². The Hall–Kier alpha value is -1.84. The van der Waals surface area contributed by atoms with Crippen LogP contribution in [0, 0.1) is 20.8 Å². The number of rotatable bonds is 5. The van der Waals surface area contributed by atoms with Crippen LogP contribution in [-0.2, 0) is 25.5 Å². The molecule has 1 fully saturated rings. The largest absolute Gasteiger partial charge is 0.463 e. The van der Waals surface area contributed by atoms with E-state index >= 15 is 0 Å². The zero-order valence-corrected chi connectivity index (χ0v) is 15.2. The van der Waals surface area contributed by atoms with Gasteiger partial charge in [-0.1, -0.05) is 24.1 Å². The zero-order chi connectivity index (χ0) is 17.7. The predicted octanol–water partition coefficient (Wildman–Crippen LogP) is 3.96. The van der Waals surface area contributed by atoms with Crippen LogP contribution in [0.1, 0.15) is 61.3 Å². The van der Waals surface area contributed by atoms with Crippen LogP contribution >= 0.6 is 0 Å². The molecule has 0 bridgehead atoms. The van der Waals surface area contributed by atoms with Gasteiger partial charge in [0.05, 0.1) is 13.0 Å². The topological polar surface area (TPSA) is 52.6 Å². The summed E-state index contributed by atoms with van der Waals surface area (Å²) in [6.07, 6.45) is 4.14. The summed E-state index contributed by atoms with van der Waals surface area (Å²) in [5.41, 5.74) is 3.24. The maximum absolute atomic E-state index is 12.6. The van der Waals surface area contributed by atoms with Gasteiger partial charge in [-0.15, -0.1) is 0 Å². The van der Waals surface area contributed by atoms with Crippen LogP contribution < -0.4 is 0 Å². The summed E-state index contributed by atoms with van der Waals surface area (Å²) in [5.74, 6) is -0.740. The van der Waals surface area contributed by atoms with Crippen LogP contribution in [0.25, 0.3) is 0 Å². The Labute approximate surface area is 144 Å². The molecule has 0 aliphatic heterocycles. The molecule has 0 heterocycles. The number of carbonyl (C=O) groups is 2. The lowest BCUT2D eigenvalue weighted by Crippen LogP contribution is -2.46. The molecule has 0 radical (unpaired) electrons. The Morgan fingerprint density at radius 2 is 1.62 bits per heavy atom. The fraction of sp³-hybridized carbons (Fsp3) is 0.600. The predicted molar refractivity (Wildman–Crippen MR) is 92.9 cm³/mol. The van der Waals surface area contributed by atoms with Crippen molar-refractivity contribution in [2.24, 2.45) is 0 Å². The number of hydrogen-bond donors (Lipinski definition) is 0. The Balaban J connectivity index is 2.15. The molecule has 1 aliphatic rings. The Bertz CT molecular complexity index is 589. The molecule has 4 heteroatoms. The summed E-state index contributed by atoms with van der Waals surface area (Å²) < 4.78 is 10.9. The van der Waals surface area contributed by atoms with E-state index in [1.54, 1.807) is 6.92 Å². The summed E-state index contributed by atoms with van der Waals surface area (Å²) >= 11 is 0. The minimum absolute atomic E-state index is 0.194. The van der Waals surface area contributed by atoms with E-state index < -0.39 is 11.6 Å². The van der Waals surface area contributed by atoms with Gasteiger partial charge in [-0.2, -0.15) is 0 Å². The SMILES string of the molecule is CCOC(=O)C1(OC(=O)Cc2c(C)cc(C)cc2C)CCCCC1. The van der Waals surface area contributed by atoms with E-state index in [-0.39, 0.29) is 12.4 Å². The lowest BCUT2D eigenvalue weighted by Gasteiger charge is -2.34. The van der Waals surface area contributed by atoms with Gasteiger partial charge in [0.15, 0.2) is 0 Å². The van der Waals surface area contributed by atoms with Crippen molar-refractivity contribution in [2.45, 2.75) is 71.8 Å². The van der Waals surface area contributed by atoms with Crippen molar-refractivity contribution in [2.75, 3.05) is 6.61 Å². The highest BCUT2D eigenvalue weighted by atomic mass is 16.6. The van der Waals surface area contributed by atoms with Gasteiger partial charge in [0.25, 0.3) is 0 Å². The molecule has 4 nitrogen and oxygen atoms in total. The first-order valence-corrected chi connectivity index (χ1v) is 8.84. The van der Waals surface area contributed by atoms with E-state index in [4.69, 9.17) is 9.47 Å². The standard InChI is InChI=1S/C20H28O4/c1-5-23-19(22)20(9-7-6-8-10-20)24-18(21)13-17-15(3)11-14(2)12-16(17)4/h11-12H,5-10,13H2,1-4H3. The minimum Gasteiger partial charge on any atom is -0.463 e. The van der Waals surface area contributed by atoms with Gasteiger partial charge < -0.3 is 9.47 Å². The Kier molecular flexibility index (Phi) is 6.03. The molecule has 24 heavy (non-hydrogen) atoms. The average molecular weight is 332 g/mol. The van der Waals surface area contributed by atoms with Crippen LogP contribution in [0.2, 0.25) is 0 Å². The Morgan fingerprint density at radius 1 is 1.04 bits per heavy atom. The van der Waals surface area contributed by atoms with Crippen molar-refractivity contribution in [1.82, 2.24) is 0 Å². The molecule has 0 N–H and O–H groups in total. The molecular weight excluding hydrogens is 304 g/mol. The molecule has 0 spiro atoms. The van der Waals surface area contributed by atoms with Crippen molar-refractivity contribution >= 4 is 11.9 Å². The maximum Gasteiger partial charge on any atom is 0.350 e. The third kappa shape index (κ3) is 4.16. The third-order valence-electron chi connectivity index (χ3n) is 4.78. The molecular formula is C20H28O4. The molecule has 1 aromatic carbocycles. The number of carbonyl (C=O) groups excluding carboxylic acids is 2. The minimum atomic E-state index is -1.09. The highest BCUT2D eigenvalue weighted by molar-refractivity contribution is 5.84. The molecule has 0 saturated heterocycles. The van der Waals surface area contributed by atoms with E-state index in [9.17, 15) is 9.59 Å². The Morgan fingerprint density at radius 3 is 2.17 bits per heavy atom. The summed E-state index contributed by atoms with van der Waals surface area (Å²) in [6.45, 7) is 8.12. The molecule has 0 amide bonds. The van der Waals surface area contributed by atoms with Gasteiger partial charge in [-0.25, -0.2) is 4.79 Å². The van der Waals surface area contributed by atoms with Crippen LogP contribution in [0.5, 0.6) is 0 Å². The molecule has 0 atom stereocenters. The smallest absolute Gasteiger partial charge is 0.350 e. The lowest BCUT2D eigenvalue weighted by molar-refractivity contribution is -0.186. The first-order valence-electron chi connectivity index (χ1n) is 8.84. The van der Waals surface area contributed by atoms with E-state index in [1.165, 1.54) is 5.56 Å². The van der Waals surface area contributed by atoms with Crippen LogP contribution in [0.3, 0.4) is 0 Å². The third-order valence-corrected chi connectivity index (χ3v) is 4.78. The van der Waals surface area contributed by atoms with Crippen LogP contribution in [0.15, 0.2) is 12.1 Å². The first kappa shape index (κ1) is 18.5. The second-order valence-corrected chi connectivity index (χ2v) is 6.80. The lowest BCUT2D eigenvalue weighted by atomic mass is 9.84. The molecule has 132 valence electrons. The van der Waals surface area contributed by atoms with Gasteiger partial charge in [0.2, 0.25) is 5.60 Å². The van der Waals surface area contributed by atoms with Gasteiger partial charge in [-0.3, -0.25) is 4.79 Å². The van der Waals surface area contributed by atoms with Crippen molar-refractivity contribution < 1.29 is 19.1 Å². The van der Waals surface area contributed by atoms with Crippen molar-refractivity contribution in [3.05, 3.63) is 34.4 Å². The van der Waals surface area contributed by atoms with Gasteiger partial charge >= 0.3 is 11.9 Å². The number of benzene rings is 1. The van der Waals surface area contributed by atoms with Gasteiger partial charge in [-0.05, 0) is 70.1 Å². The fourth-order valence-electron chi connectivity index (χ4n) is 3.62. The van der Waals surface area contributed by atoms with E-state index in [0.29, 0.717) is 19.4 Å². The molecule has 2 rings (SSSR count). The number of hydrogen-bond acceptors (Lipinski definition) is 4. The normalized spacial score (nSPS) is 16.5. The van der Waals surface area contributed by atoms with Crippen molar-refractivity contribution in [1.29, 1.82) is 0 Å². The van der Waals surface area contributed by atoms with Crippen molar-refractivity contribution in [3.8, 4) is 0 Å². The van der Waals surface area contributed by atoms with E-state index in [0.717, 1.165) is 36.0 Å². The maximum atomic E-state index is 12.6. The van der Waals surface area contributed by atoms with Crippen molar-refractivity contribution in [3.63, 3.8) is 0 Å². The van der Waals surface area contributed by atoms with Crippen LogP contribution in [-0.4, -0.2) is 24.1 Å². The summed E-state index contributed by atoms with van der Waals surface area (Å²) in [4.78, 5) is 24.9. The molecule has 0 aromatic heterocycles. The number of ether oxygens (including phenoxy) is 2. The quantitative estimate of drug-likeness (QED) is 0.766. The average Bonchev–Trinajstić information content (AvgIpc) is 2.52. The number of esters is 2. The molecule has 0 unspecified atom stereocenters. The summed E-state index contributed by atoms with van der Waals surface area (Å²) in [7, 11) is 0. The second kappa shape index (κ2) is 7.82. The monoisotopic (exact) mass is 332 g/mol. The highest BCUT2D eigenvalue weighted by Gasteiger charge is 2.44. The van der Waals surface area contributed by atoms with E-state index in [2.05, 4.69) is 12.1 Å². The summed E-state index contributed by atoms with van der Waals surface area (Å²) in [5, 5.41) is 0. The fourth-order valence-corrected chi connectivity index (χ4v) is 3.62. The molecule has 1 aromatic rings. The molecule has 1 saturated carbocycles. The number of aryl methyl sites for hydroxylation is 3. The first-order chi connectivity index (χ1) is 11.4. The van der Waals surface area contributed by atoms with Crippen LogP contribution in [0.4, 0.5) is 0 Å². The molecule has 1 aliphatic carbocycles. The zero-order valence-electron chi connectivity index (χ0n) is 15.2. The highest BCUT2D eigenvalue weighted by Crippen LogP contribution is 2.33. The van der Waals surface area contributed by atoms with Gasteiger partial charge in [0, 0.05) is 0 Å². The summed E-state index contributed by atoms with van der Waals surface area (Å²) in [6, 6.07) is 4.13.